The van der Waals surface area contributed by atoms with Crippen LogP contribution in [0.3, 0.4) is 0 Å². The minimum Gasteiger partial charge on any atom is -0.267 e. The maximum absolute atomic E-state index is 13.4. The molecule has 0 saturated carbocycles. The Balaban J connectivity index is 2.22. The molecule has 3 aromatic rings. The number of nitrogens with two attached hydrogens (primary N) is 1. The molecular weight excluding hydrogens is 426 g/mol. The van der Waals surface area contributed by atoms with Crippen molar-refractivity contribution < 1.29 is 26.0 Å². The summed E-state index contributed by atoms with van der Waals surface area (Å²) in [4.78, 5) is 12.7. The number of hydrogen-bond donors (Lipinski definition) is 1. The van der Waals surface area contributed by atoms with E-state index in [0.717, 1.165) is 18.3 Å². The highest BCUT2D eigenvalue weighted by Gasteiger charge is 2.18. The molecule has 3 rings (SSSR count). The van der Waals surface area contributed by atoms with Crippen LogP contribution in [0.25, 0.3) is 22.3 Å². The van der Waals surface area contributed by atoms with E-state index in [-0.39, 0.29) is 21.6 Å². The largest absolute Gasteiger partial charge is 0.303 e. The maximum Gasteiger partial charge on any atom is 0.303 e. The van der Waals surface area contributed by atoms with Gasteiger partial charge in [-0.3, -0.25) is 4.79 Å². The van der Waals surface area contributed by atoms with E-state index < -0.39 is 39.9 Å². The summed E-state index contributed by atoms with van der Waals surface area (Å²) < 4.78 is 75.0. The summed E-state index contributed by atoms with van der Waals surface area (Å²) in [7, 11) is -3.95. The Bertz CT molecular complexity index is 1280. The van der Waals surface area contributed by atoms with Crippen LogP contribution in [-0.4, -0.2) is 18.2 Å². The van der Waals surface area contributed by atoms with Crippen molar-refractivity contribution >= 4 is 10.0 Å². The summed E-state index contributed by atoms with van der Waals surface area (Å²) in [5.74, 6) is -2.39. The topological polar surface area (TPSA) is 95.1 Å². The van der Waals surface area contributed by atoms with Gasteiger partial charge in [-0.2, -0.15) is 13.9 Å². The van der Waals surface area contributed by atoms with Crippen molar-refractivity contribution in [1.82, 2.24) is 9.78 Å². The lowest BCUT2D eigenvalue weighted by Gasteiger charge is -2.12. The van der Waals surface area contributed by atoms with Crippen LogP contribution in [-0.2, 0) is 16.6 Å². The first-order chi connectivity index (χ1) is 14.1. The lowest BCUT2D eigenvalue weighted by atomic mass is 9.97. The molecule has 0 bridgehead atoms. The molecule has 156 valence electrons. The van der Waals surface area contributed by atoms with Crippen LogP contribution in [0, 0.1) is 5.82 Å². The zero-order chi connectivity index (χ0) is 22.1. The van der Waals surface area contributed by atoms with E-state index >= 15 is 0 Å². The van der Waals surface area contributed by atoms with Gasteiger partial charge < -0.3 is 0 Å². The molecule has 11 heteroatoms. The second kappa shape index (κ2) is 8.20. The van der Waals surface area contributed by atoms with E-state index in [2.05, 4.69) is 5.10 Å². The van der Waals surface area contributed by atoms with Crippen molar-refractivity contribution in [2.45, 2.75) is 11.4 Å². The van der Waals surface area contributed by atoms with E-state index in [1.165, 1.54) is 36.4 Å². The van der Waals surface area contributed by atoms with Gasteiger partial charge in [-0.15, -0.1) is 0 Å². The summed E-state index contributed by atoms with van der Waals surface area (Å²) in [6.45, 7) is -1.08. The number of aromatic nitrogens is 2. The quantitative estimate of drug-likeness (QED) is 0.616. The summed E-state index contributed by atoms with van der Waals surface area (Å²) in [5, 5.41) is 8.80. The third-order valence-electron chi connectivity index (χ3n) is 4.16. The standard InChI is InChI=1S/C19H13F4N3O3S/c20-13-5-1-12(2-6-13)17-15(11-3-7-14(8-4-11)30(24,28)29)9-25-26(19(17)27)10-16(21)18(22)23/h1-9H,10H2,(H2,24,28,29). The van der Waals surface area contributed by atoms with Gasteiger partial charge in [-0.1, -0.05) is 24.3 Å². The van der Waals surface area contributed by atoms with E-state index in [1.807, 2.05) is 0 Å². The van der Waals surface area contributed by atoms with Crippen LogP contribution in [0.1, 0.15) is 0 Å². The molecule has 1 aromatic heterocycles. The molecule has 0 aliphatic heterocycles. The molecule has 0 amide bonds. The highest BCUT2D eigenvalue weighted by molar-refractivity contribution is 7.89. The second-order valence-electron chi connectivity index (χ2n) is 6.14. The molecule has 0 fully saturated rings. The number of allylic oxidation sites excluding steroid dienone is 1. The molecule has 2 N–H and O–H groups in total. The average Bonchev–Trinajstić information content (AvgIpc) is 2.69. The number of hydrogen-bond acceptors (Lipinski definition) is 4. The fraction of sp³-hybridized carbons (Fsp3) is 0.0526. The first-order valence-electron chi connectivity index (χ1n) is 8.27. The molecule has 0 atom stereocenters. The van der Waals surface area contributed by atoms with Crippen molar-refractivity contribution in [2.75, 3.05) is 0 Å². The van der Waals surface area contributed by atoms with Crippen LogP contribution >= 0.6 is 0 Å². The van der Waals surface area contributed by atoms with Crippen LogP contribution in [0.15, 0.2) is 76.3 Å². The summed E-state index contributed by atoms with van der Waals surface area (Å²) in [6, 6.07) is 9.94. The Kier molecular flexibility index (Phi) is 5.85. The van der Waals surface area contributed by atoms with E-state index in [9.17, 15) is 30.8 Å². The number of sulfonamides is 1. The maximum atomic E-state index is 13.4. The lowest BCUT2D eigenvalue weighted by Crippen LogP contribution is -2.25. The molecule has 0 saturated heterocycles. The summed E-state index contributed by atoms with van der Waals surface area (Å²) in [6.07, 6.45) is -1.43. The van der Waals surface area contributed by atoms with Crippen LogP contribution in [0.5, 0.6) is 0 Å². The molecule has 0 aliphatic carbocycles. The van der Waals surface area contributed by atoms with Gasteiger partial charge in [0.15, 0.2) is 5.83 Å². The summed E-state index contributed by atoms with van der Waals surface area (Å²) >= 11 is 0. The fourth-order valence-corrected chi connectivity index (χ4v) is 3.25. The van der Waals surface area contributed by atoms with Gasteiger partial charge in [0.05, 0.1) is 16.7 Å². The molecule has 6 nitrogen and oxygen atoms in total. The van der Waals surface area contributed by atoms with Crippen LogP contribution < -0.4 is 10.7 Å². The van der Waals surface area contributed by atoms with E-state index in [0.29, 0.717) is 10.2 Å². The van der Waals surface area contributed by atoms with Gasteiger partial charge in [-0.25, -0.2) is 27.0 Å². The molecular formula is C19H13F4N3O3S. The van der Waals surface area contributed by atoms with Gasteiger partial charge in [0.25, 0.3) is 5.56 Å². The minimum atomic E-state index is -3.95. The van der Waals surface area contributed by atoms with Crippen LogP contribution in [0.4, 0.5) is 17.6 Å². The predicted octanol–water partition coefficient (Wildman–Crippen LogP) is 3.44. The zero-order valence-corrected chi connectivity index (χ0v) is 15.8. The molecule has 0 spiro atoms. The van der Waals surface area contributed by atoms with Crippen LogP contribution in [0.2, 0.25) is 0 Å². The lowest BCUT2D eigenvalue weighted by molar-refractivity contribution is 0.359. The highest BCUT2D eigenvalue weighted by atomic mass is 32.2. The molecule has 0 radical (unpaired) electrons. The Morgan fingerprint density at radius 2 is 1.53 bits per heavy atom. The number of halogens is 4. The molecule has 2 aromatic carbocycles. The van der Waals surface area contributed by atoms with Gasteiger partial charge in [-0.05, 0) is 35.4 Å². The third kappa shape index (κ3) is 4.47. The Morgan fingerprint density at radius 3 is 2.07 bits per heavy atom. The van der Waals surface area contributed by atoms with Crippen molar-refractivity contribution in [3.8, 4) is 22.3 Å². The smallest absolute Gasteiger partial charge is 0.267 e. The highest BCUT2D eigenvalue weighted by Crippen LogP contribution is 2.29. The SMILES string of the molecule is NS(=O)(=O)c1ccc(-c2cnn(CC(F)=C(F)F)c(=O)c2-c2ccc(F)cc2)cc1. The number of benzene rings is 2. The molecule has 1 heterocycles. The van der Waals surface area contributed by atoms with Crippen molar-refractivity contribution in [2.24, 2.45) is 5.14 Å². The monoisotopic (exact) mass is 439 g/mol. The van der Waals surface area contributed by atoms with Gasteiger partial charge in [0.2, 0.25) is 10.0 Å². The van der Waals surface area contributed by atoms with Crippen molar-refractivity contribution in [3.63, 3.8) is 0 Å². The predicted molar refractivity (Wildman–Crippen MR) is 101 cm³/mol. The molecule has 0 aliphatic rings. The molecule has 30 heavy (non-hydrogen) atoms. The summed E-state index contributed by atoms with van der Waals surface area (Å²) in [5.41, 5.74) is -0.167. The average molecular weight is 439 g/mol. The number of rotatable bonds is 5. The van der Waals surface area contributed by atoms with Gasteiger partial charge in [0.1, 0.15) is 12.4 Å². The Hall–Kier alpha value is -3.31. The van der Waals surface area contributed by atoms with Crippen molar-refractivity contribution in [3.05, 3.63) is 82.8 Å². The second-order valence-corrected chi connectivity index (χ2v) is 7.70. The minimum absolute atomic E-state index is 0.0552. The molecule has 0 unspecified atom stereocenters. The fourth-order valence-electron chi connectivity index (χ4n) is 2.73. The first-order valence-corrected chi connectivity index (χ1v) is 9.81. The van der Waals surface area contributed by atoms with E-state index in [1.54, 1.807) is 0 Å². The van der Waals surface area contributed by atoms with Gasteiger partial charge in [0, 0.05) is 5.56 Å². The third-order valence-corrected chi connectivity index (χ3v) is 5.09. The van der Waals surface area contributed by atoms with E-state index in [4.69, 9.17) is 5.14 Å². The number of primary sulfonamides is 1. The normalized spacial score (nSPS) is 11.4. The Morgan fingerprint density at radius 1 is 0.967 bits per heavy atom. The van der Waals surface area contributed by atoms with Gasteiger partial charge >= 0.3 is 6.08 Å². The zero-order valence-electron chi connectivity index (χ0n) is 15.0. The number of nitrogens with zero attached hydrogens (tertiary/aromatic N) is 2. The first kappa shape index (κ1) is 21.4. The Labute approximate surface area is 167 Å². The van der Waals surface area contributed by atoms with Crippen molar-refractivity contribution in [1.29, 1.82) is 0 Å².